The van der Waals surface area contributed by atoms with Crippen molar-refractivity contribution in [3.05, 3.63) is 12.2 Å². The summed E-state index contributed by atoms with van der Waals surface area (Å²) in [5.74, 6) is -1.03. The third kappa shape index (κ3) is 6.49. The van der Waals surface area contributed by atoms with Crippen molar-refractivity contribution in [1.29, 1.82) is 0 Å². The van der Waals surface area contributed by atoms with E-state index in [2.05, 4.69) is 79.3 Å². The monoisotopic (exact) mass is 538 g/mol. The number of hydrogen-bond donors (Lipinski definition) is 0. The van der Waals surface area contributed by atoms with Gasteiger partial charge in [0.1, 0.15) is 12.2 Å². The van der Waals surface area contributed by atoms with Gasteiger partial charge in [-0.3, -0.25) is 9.80 Å². The first kappa shape index (κ1) is 30.4. The van der Waals surface area contributed by atoms with E-state index in [4.69, 9.17) is 28.4 Å². The molecule has 4 heterocycles. The summed E-state index contributed by atoms with van der Waals surface area (Å²) in [4.78, 5) is 4.88. The molecular formula is C30H54N2O6. The summed E-state index contributed by atoms with van der Waals surface area (Å²) >= 11 is 0. The van der Waals surface area contributed by atoms with Crippen LogP contribution < -0.4 is 0 Å². The minimum atomic E-state index is -0.513. The van der Waals surface area contributed by atoms with E-state index in [-0.39, 0.29) is 34.4 Å². The Morgan fingerprint density at radius 1 is 0.605 bits per heavy atom. The molecule has 4 saturated heterocycles. The molecule has 4 aliphatic heterocycles. The van der Waals surface area contributed by atoms with Crippen molar-refractivity contribution >= 4 is 0 Å². The van der Waals surface area contributed by atoms with Gasteiger partial charge in [0.05, 0.1) is 39.6 Å². The molecular weight excluding hydrogens is 484 g/mol. The van der Waals surface area contributed by atoms with Gasteiger partial charge in [0.25, 0.3) is 0 Å². The molecule has 0 saturated carbocycles. The smallest absolute Gasteiger partial charge is 0.172 e. The number of hydrogen-bond acceptors (Lipinski definition) is 8. The van der Waals surface area contributed by atoms with E-state index in [0.29, 0.717) is 39.6 Å². The summed E-state index contributed by atoms with van der Waals surface area (Å²) in [7, 11) is 4.39. The fraction of sp³-hybridized carbons (Fsp3) is 0.933. The molecule has 4 aliphatic rings. The molecule has 8 nitrogen and oxygen atoms in total. The maximum atomic E-state index is 6.44. The summed E-state index contributed by atoms with van der Waals surface area (Å²) in [5, 5.41) is 0. The van der Waals surface area contributed by atoms with Crippen LogP contribution in [0.4, 0.5) is 0 Å². The average molecular weight is 539 g/mol. The fourth-order valence-corrected chi connectivity index (χ4v) is 7.31. The molecule has 0 aromatic heterocycles. The van der Waals surface area contributed by atoms with Gasteiger partial charge in [0, 0.05) is 47.8 Å². The van der Waals surface area contributed by atoms with Crippen LogP contribution >= 0.6 is 0 Å². The van der Waals surface area contributed by atoms with Crippen LogP contribution in [-0.2, 0) is 28.4 Å². The molecule has 2 spiro atoms. The fourth-order valence-electron chi connectivity index (χ4n) is 7.31. The van der Waals surface area contributed by atoms with Gasteiger partial charge in [0.15, 0.2) is 11.6 Å². The summed E-state index contributed by atoms with van der Waals surface area (Å²) in [6.07, 6.45) is 7.38. The predicted molar refractivity (Wildman–Crippen MR) is 148 cm³/mol. The van der Waals surface area contributed by atoms with Crippen LogP contribution in [0.15, 0.2) is 12.2 Å². The van der Waals surface area contributed by atoms with Crippen molar-refractivity contribution in [1.82, 2.24) is 9.80 Å². The maximum Gasteiger partial charge on any atom is 0.172 e. The SMILES string of the molecule is CN1C(C)(C)CC2(CC1(C)C)OCC(COCC=CCOCC1COC3(CC(C)(C)N(C)C(C)(C)C3)O1)O2. The number of piperidine rings is 2. The van der Waals surface area contributed by atoms with Gasteiger partial charge < -0.3 is 28.4 Å². The van der Waals surface area contributed by atoms with E-state index in [1.165, 1.54) is 0 Å². The quantitative estimate of drug-likeness (QED) is 0.334. The zero-order valence-corrected chi connectivity index (χ0v) is 25.7. The molecule has 2 atom stereocenters. The Kier molecular flexibility index (Phi) is 8.54. The molecule has 0 aromatic carbocycles. The summed E-state index contributed by atoms with van der Waals surface area (Å²) < 4.78 is 37.1. The first-order valence-electron chi connectivity index (χ1n) is 14.4. The minimum absolute atomic E-state index is 0.0107. The van der Waals surface area contributed by atoms with Crippen molar-refractivity contribution in [3.8, 4) is 0 Å². The number of ether oxygens (including phenoxy) is 6. The summed E-state index contributed by atoms with van der Waals surface area (Å²) in [6.45, 7) is 21.4. The highest BCUT2D eigenvalue weighted by molar-refractivity contribution is 5.05. The maximum absolute atomic E-state index is 6.44. The van der Waals surface area contributed by atoms with Gasteiger partial charge in [-0.05, 0) is 69.5 Å². The van der Waals surface area contributed by atoms with Crippen molar-refractivity contribution in [2.75, 3.05) is 53.7 Å². The first-order valence-corrected chi connectivity index (χ1v) is 14.4. The molecule has 0 aliphatic carbocycles. The highest BCUT2D eigenvalue weighted by atomic mass is 16.8. The normalized spacial score (nSPS) is 33.5. The molecule has 0 bridgehead atoms. The van der Waals surface area contributed by atoms with Crippen LogP contribution in [0.3, 0.4) is 0 Å². The van der Waals surface area contributed by atoms with E-state index in [0.717, 1.165) is 25.7 Å². The molecule has 220 valence electrons. The van der Waals surface area contributed by atoms with Crippen molar-refractivity contribution in [3.63, 3.8) is 0 Å². The lowest BCUT2D eigenvalue weighted by molar-refractivity contribution is -0.244. The van der Waals surface area contributed by atoms with Gasteiger partial charge in [-0.1, -0.05) is 12.2 Å². The Bertz CT molecular complexity index is 750. The Labute approximate surface area is 231 Å². The molecule has 0 N–H and O–H groups in total. The Morgan fingerprint density at radius 2 is 0.921 bits per heavy atom. The van der Waals surface area contributed by atoms with Gasteiger partial charge >= 0.3 is 0 Å². The second-order valence-electron chi connectivity index (χ2n) is 14.5. The topological polar surface area (TPSA) is 61.9 Å². The largest absolute Gasteiger partial charge is 0.375 e. The summed E-state index contributed by atoms with van der Waals surface area (Å²) in [5.41, 5.74) is 0.0428. The van der Waals surface area contributed by atoms with Crippen LogP contribution in [0.25, 0.3) is 0 Å². The van der Waals surface area contributed by atoms with Crippen LogP contribution in [0.2, 0.25) is 0 Å². The lowest BCUT2D eigenvalue weighted by Crippen LogP contribution is -2.64. The van der Waals surface area contributed by atoms with E-state index < -0.39 is 11.6 Å². The van der Waals surface area contributed by atoms with E-state index >= 15 is 0 Å². The van der Waals surface area contributed by atoms with E-state index in [1.54, 1.807) is 0 Å². The Morgan fingerprint density at radius 3 is 1.24 bits per heavy atom. The highest BCUT2D eigenvalue weighted by Gasteiger charge is 2.56. The second-order valence-corrected chi connectivity index (χ2v) is 14.5. The van der Waals surface area contributed by atoms with Crippen LogP contribution in [0.5, 0.6) is 0 Å². The molecule has 0 radical (unpaired) electrons. The molecule has 4 fully saturated rings. The highest BCUT2D eigenvalue weighted by Crippen LogP contribution is 2.48. The van der Waals surface area contributed by atoms with E-state index in [1.807, 2.05) is 12.2 Å². The zero-order valence-electron chi connectivity index (χ0n) is 25.7. The third-order valence-corrected chi connectivity index (χ3v) is 9.47. The van der Waals surface area contributed by atoms with Gasteiger partial charge in [0.2, 0.25) is 0 Å². The number of nitrogens with zero attached hydrogens (tertiary/aromatic N) is 2. The molecule has 2 unspecified atom stereocenters. The van der Waals surface area contributed by atoms with E-state index in [9.17, 15) is 0 Å². The number of likely N-dealkylation sites (tertiary alicyclic amines) is 2. The third-order valence-electron chi connectivity index (χ3n) is 9.47. The molecule has 4 rings (SSSR count). The molecule has 0 amide bonds. The van der Waals surface area contributed by atoms with Crippen LogP contribution in [0.1, 0.15) is 81.1 Å². The predicted octanol–water partition coefficient (Wildman–Crippen LogP) is 4.36. The molecule has 38 heavy (non-hydrogen) atoms. The molecule has 0 aromatic rings. The Hall–Kier alpha value is -0.580. The van der Waals surface area contributed by atoms with Gasteiger partial charge in [-0.15, -0.1) is 0 Å². The van der Waals surface area contributed by atoms with Crippen molar-refractivity contribution < 1.29 is 28.4 Å². The number of rotatable bonds is 8. The zero-order chi connectivity index (χ0) is 28.0. The Balaban J connectivity index is 1.12. The van der Waals surface area contributed by atoms with Crippen molar-refractivity contribution in [2.45, 2.75) is 127 Å². The minimum Gasteiger partial charge on any atom is -0.375 e. The summed E-state index contributed by atoms with van der Waals surface area (Å²) in [6, 6.07) is 0. The standard InChI is InChI=1S/C30H54N2O6/c1-25(2)19-29(20-26(3,4)31(25)9)35-17-23(37-29)15-33-13-11-12-14-34-16-24-18-36-30(38-24)21-27(5,6)32(10)28(7,8)22-30/h11-12,23-24H,13-22H2,1-10H3. The van der Waals surface area contributed by atoms with Crippen molar-refractivity contribution in [2.24, 2.45) is 0 Å². The van der Waals surface area contributed by atoms with Crippen LogP contribution in [0, 0.1) is 0 Å². The lowest BCUT2D eigenvalue weighted by Gasteiger charge is -2.56. The van der Waals surface area contributed by atoms with Gasteiger partial charge in [-0.2, -0.15) is 0 Å². The van der Waals surface area contributed by atoms with Crippen LogP contribution in [-0.4, -0.2) is 109 Å². The first-order chi connectivity index (χ1) is 17.5. The van der Waals surface area contributed by atoms with Gasteiger partial charge in [-0.25, -0.2) is 0 Å². The second kappa shape index (κ2) is 10.7. The average Bonchev–Trinajstić information content (AvgIpc) is 3.34. The lowest BCUT2D eigenvalue weighted by atomic mass is 9.76. The molecule has 8 heteroatoms.